The molecule has 4 heteroatoms. The number of hydrogen-bond donors (Lipinski definition) is 1. The predicted octanol–water partition coefficient (Wildman–Crippen LogP) is 6.38. The molecule has 0 aromatic heterocycles. The Labute approximate surface area is 197 Å². The van der Waals surface area contributed by atoms with E-state index in [0.717, 1.165) is 23.3 Å². The van der Waals surface area contributed by atoms with E-state index in [1.807, 2.05) is 78.9 Å². The van der Waals surface area contributed by atoms with Crippen LogP contribution in [0, 0.1) is 0 Å². The predicted molar refractivity (Wildman–Crippen MR) is 132 cm³/mol. The molecule has 0 radical (unpaired) electrons. The van der Waals surface area contributed by atoms with E-state index < -0.39 is 11.9 Å². The minimum atomic E-state index is -0.811. The zero-order chi connectivity index (χ0) is 23.7. The second kappa shape index (κ2) is 11.7. The second-order valence-electron chi connectivity index (χ2n) is 9.35. The highest BCUT2D eigenvalue weighted by Gasteiger charge is 2.21. The summed E-state index contributed by atoms with van der Waals surface area (Å²) in [5.41, 5.74) is 4.20. The molecule has 0 spiro atoms. The number of ether oxygens (including phenoxy) is 2. The molecule has 0 saturated carbocycles. The molecule has 0 aliphatic rings. The first-order chi connectivity index (χ1) is 15.8. The van der Waals surface area contributed by atoms with Crippen LogP contribution in [0.3, 0.4) is 0 Å². The molecule has 0 aliphatic heterocycles. The highest BCUT2D eigenvalue weighted by atomic mass is 16.5. The van der Waals surface area contributed by atoms with Gasteiger partial charge in [-0.15, -0.1) is 0 Å². The molecular weight excluding hydrogens is 412 g/mol. The molecule has 174 valence electrons. The van der Waals surface area contributed by atoms with E-state index in [9.17, 15) is 9.90 Å². The topological polar surface area (TPSA) is 55.8 Å². The Bertz CT molecular complexity index is 987. The maximum Gasteiger partial charge on any atom is 0.311 e. The van der Waals surface area contributed by atoms with Crippen molar-refractivity contribution in [3.05, 3.63) is 101 Å². The molecule has 1 N–H and O–H groups in total. The van der Waals surface area contributed by atoms with Crippen LogP contribution in [0.25, 0.3) is 0 Å². The monoisotopic (exact) mass is 446 g/mol. The van der Waals surface area contributed by atoms with Gasteiger partial charge in [0.15, 0.2) is 0 Å². The highest BCUT2D eigenvalue weighted by Crippen LogP contribution is 2.27. The number of carboxylic acids is 1. The standard InChI is InChI=1S/C29H34O4/c1-29(2,3)25-14-12-24(13-15-25)27(28(30)31)20-22-10-16-26(17-11-22)33-19-7-18-32-21-23-8-5-4-6-9-23/h4-6,8-17,27H,7,18-21H2,1-3H3,(H,30,31). The summed E-state index contributed by atoms with van der Waals surface area (Å²) in [6.45, 7) is 8.28. The van der Waals surface area contributed by atoms with Gasteiger partial charge in [0.2, 0.25) is 0 Å². The third-order valence-corrected chi connectivity index (χ3v) is 5.65. The van der Waals surface area contributed by atoms with E-state index in [4.69, 9.17) is 9.47 Å². The Morgan fingerprint density at radius 2 is 1.52 bits per heavy atom. The van der Waals surface area contributed by atoms with Crippen LogP contribution in [-0.4, -0.2) is 24.3 Å². The van der Waals surface area contributed by atoms with Crippen LogP contribution in [0.1, 0.15) is 55.4 Å². The van der Waals surface area contributed by atoms with Crippen LogP contribution in [-0.2, 0) is 28.0 Å². The molecule has 33 heavy (non-hydrogen) atoms. The van der Waals surface area contributed by atoms with Crippen molar-refractivity contribution in [3.8, 4) is 5.75 Å². The number of hydrogen-bond acceptors (Lipinski definition) is 3. The van der Waals surface area contributed by atoms with Gasteiger partial charge in [0, 0.05) is 6.42 Å². The summed E-state index contributed by atoms with van der Waals surface area (Å²) in [7, 11) is 0. The van der Waals surface area contributed by atoms with Gasteiger partial charge in [-0.25, -0.2) is 0 Å². The molecule has 0 amide bonds. The molecule has 3 aromatic rings. The largest absolute Gasteiger partial charge is 0.494 e. The normalized spacial score (nSPS) is 12.3. The van der Waals surface area contributed by atoms with Crippen molar-refractivity contribution >= 4 is 5.97 Å². The van der Waals surface area contributed by atoms with Crippen LogP contribution >= 0.6 is 0 Å². The van der Waals surface area contributed by atoms with Gasteiger partial charge in [0.25, 0.3) is 0 Å². The van der Waals surface area contributed by atoms with Crippen LogP contribution in [0.5, 0.6) is 5.75 Å². The second-order valence-corrected chi connectivity index (χ2v) is 9.35. The zero-order valence-electron chi connectivity index (χ0n) is 19.8. The van der Waals surface area contributed by atoms with Gasteiger partial charge in [-0.1, -0.05) is 87.5 Å². The maximum atomic E-state index is 11.9. The zero-order valence-corrected chi connectivity index (χ0v) is 19.8. The smallest absolute Gasteiger partial charge is 0.311 e. The fourth-order valence-electron chi connectivity index (χ4n) is 3.64. The lowest BCUT2D eigenvalue weighted by Crippen LogP contribution is -2.16. The molecule has 0 saturated heterocycles. The summed E-state index contributed by atoms with van der Waals surface area (Å²) >= 11 is 0. The number of carbonyl (C=O) groups is 1. The van der Waals surface area contributed by atoms with Crippen molar-refractivity contribution in [3.63, 3.8) is 0 Å². The van der Waals surface area contributed by atoms with Gasteiger partial charge >= 0.3 is 5.97 Å². The summed E-state index contributed by atoms with van der Waals surface area (Å²) in [6.07, 6.45) is 1.25. The lowest BCUT2D eigenvalue weighted by Gasteiger charge is -2.20. The van der Waals surface area contributed by atoms with Crippen molar-refractivity contribution in [1.29, 1.82) is 0 Å². The van der Waals surface area contributed by atoms with Crippen molar-refractivity contribution in [1.82, 2.24) is 0 Å². The molecule has 3 aromatic carbocycles. The van der Waals surface area contributed by atoms with Crippen LogP contribution in [0.15, 0.2) is 78.9 Å². The molecule has 1 unspecified atom stereocenters. The lowest BCUT2D eigenvalue weighted by molar-refractivity contribution is -0.138. The van der Waals surface area contributed by atoms with E-state index in [-0.39, 0.29) is 5.41 Å². The first kappa shape index (κ1) is 24.5. The Morgan fingerprint density at radius 3 is 2.12 bits per heavy atom. The molecular formula is C29H34O4. The molecule has 4 nitrogen and oxygen atoms in total. The number of aliphatic carboxylic acids is 1. The molecule has 0 heterocycles. The van der Waals surface area contributed by atoms with Crippen molar-refractivity contribution < 1.29 is 19.4 Å². The number of carboxylic acid groups (broad SMARTS) is 1. The van der Waals surface area contributed by atoms with Crippen molar-refractivity contribution in [2.24, 2.45) is 0 Å². The fraction of sp³-hybridized carbons (Fsp3) is 0.345. The Hall–Kier alpha value is -3.11. The van der Waals surface area contributed by atoms with Gasteiger partial charge < -0.3 is 14.6 Å². The Morgan fingerprint density at radius 1 is 0.848 bits per heavy atom. The van der Waals surface area contributed by atoms with Crippen LogP contribution in [0.4, 0.5) is 0 Å². The van der Waals surface area contributed by atoms with Gasteiger partial charge in [0.1, 0.15) is 5.75 Å². The Kier molecular flexibility index (Phi) is 8.67. The quantitative estimate of drug-likeness (QED) is 0.347. The first-order valence-corrected chi connectivity index (χ1v) is 11.5. The van der Waals surface area contributed by atoms with Crippen LogP contribution in [0.2, 0.25) is 0 Å². The van der Waals surface area contributed by atoms with Gasteiger partial charge in [-0.2, -0.15) is 0 Å². The average Bonchev–Trinajstić information content (AvgIpc) is 2.80. The van der Waals surface area contributed by atoms with Gasteiger partial charge in [-0.3, -0.25) is 4.79 Å². The molecule has 0 bridgehead atoms. The molecule has 1 atom stereocenters. The third-order valence-electron chi connectivity index (χ3n) is 5.65. The lowest BCUT2D eigenvalue weighted by atomic mass is 9.84. The maximum absolute atomic E-state index is 11.9. The SMILES string of the molecule is CC(C)(C)c1ccc(C(Cc2ccc(OCCCOCc3ccccc3)cc2)C(=O)O)cc1. The average molecular weight is 447 g/mol. The van der Waals surface area contributed by atoms with E-state index in [0.29, 0.717) is 26.2 Å². The summed E-state index contributed by atoms with van der Waals surface area (Å²) in [5.74, 6) is -0.606. The highest BCUT2D eigenvalue weighted by molar-refractivity contribution is 5.76. The van der Waals surface area contributed by atoms with E-state index in [1.165, 1.54) is 11.1 Å². The minimum Gasteiger partial charge on any atom is -0.494 e. The third kappa shape index (κ3) is 7.76. The fourth-order valence-corrected chi connectivity index (χ4v) is 3.64. The summed E-state index contributed by atoms with van der Waals surface area (Å²) < 4.78 is 11.5. The molecule has 3 rings (SSSR count). The summed E-state index contributed by atoms with van der Waals surface area (Å²) in [5, 5.41) is 9.79. The van der Waals surface area contributed by atoms with Gasteiger partial charge in [0.05, 0.1) is 25.7 Å². The van der Waals surface area contributed by atoms with E-state index in [2.05, 4.69) is 20.8 Å². The first-order valence-electron chi connectivity index (χ1n) is 11.5. The molecule has 0 aliphatic carbocycles. The number of benzene rings is 3. The minimum absolute atomic E-state index is 0.0428. The van der Waals surface area contributed by atoms with Crippen molar-refractivity contribution in [2.75, 3.05) is 13.2 Å². The van der Waals surface area contributed by atoms with Gasteiger partial charge in [-0.05, 0) is 46.2 Å². The van der Waals surface area contributed by atoms with Crippen LogP contribution < -0.4 is 4.74 Å². The van der Waals surface area contributed by atoms with Crippen molar-refractivity contribution in [2.45, 2.75) is 51.6 Å². The summed E-state index contributed by atoms with van der Waals surface area (Å²) in [6, 6.07) is 25.8. The van der Waals surface area contributed by atoms with E-state index >= 15 is 0 Å². The molecule has 0 fully saturated rings. The summed E-state index contributed by atoms with van der Waals surface area (Å²) in [4.78, 5) is 11.9. The Balaban J connectivity index is 1.46. The van der Waals surface area contributed by atoms with E-state index in [1.54, 1.807) is 0 Å². The number of rotatable bonds is 11.